The van der Waals surface area contributed by atoms with Gasteiger partial charge in [0, 0.05) is 23.5 Å². The number of benzene rings is 1. The standard InChI is InChI=1S/C16H22N2O/c1-10-7-12(10)9-18-14(8-17)16-11(2)19-15-6-4-3-5-13(15)16/h3-6,10,12,14,18H,7-9,17H2,1-2H3. The molecule has 0 amide bonds. The van der Waals surface area contributed by atoms with Gasteiger partial charge in [0.1, 0.15) is 11.3 Å². The zero-order valence-corrected chi connectivity index (χ0v) is 11.6. The summed E-state index contributed by atoms with van der Waals surface area (Å²) in [6.07, 6.45) is 1.34. The summed E-state index contributed by atoms with van der Waals surface area (Å²) in [6.45, 7) is 6.00. The maximum atomic E-state index is 5.96. The van der Waals surface area contributed by atoms with Crippen LogP contribution in [0.25, 0.3) is 11.0 Å². The minimum Gasteiger partial charge on any atom is -0.461 e. The van der Waals surface area contributed by atoms with Gasteiger partial charge in [0.15, 0.2) is 0 Å². The number of hydrogen-bond donors (Lipinski definition) is 2. The summed E-state index contributed by atoms with van der Waals surface area (Å²) >= 11 is 0. The molecular weight excluding hydrogens is 236 g/mol. The Kier molecular flexibility index (Phi) is 3.33. The number of fused-ring (bicyclic) bond motifs is 1. The van der Waals surface area contributed by atoms with Crippen molar-refractivity contribution in [3.05, 3.63) is 35.6 Å². The summed E-state index contributed by atoms with van der Waals surface area (Å²) in [6, 6.07) is 8.38. The second-order valence-electron chi connectivity index (χ2n) is 5.74. The number of nitrogens with two attached hydrogens (primary N) is 1. The van der Waals surface area contributed by atoms with Gasteiger partial charge >= 0.3 is 0 Å². The Bertz CT molecular complexity index is 575. The van der Waals surface area contributed by atoms with Crippen LogP contribution in [0, 0.1) is 18.8 Å². The Morgan fingerprint density at radius 2 is 2.16 bits per heavy atom. The topological polar surface area (TPSA) is 51.2 Å². The van der Waals surface area contributed by atoms with Crippen LogP contribution in [-0.2, 0) is 0 Å². The van der Waals surface area contributed by atoms with Crippen molar-refractivity contribution in [2.75, 3.05) is 13.1 Å². The van der Waals surface area contributed by atoms with E-state index in [1.54, 1.807) is 0 Å². The predicted octanol–water partition coefficient (Wildman–Crippen LogP) is 2.99. The highest BCUT2D eigenvalue weighted by Crippen LogP contribution is 2.37. The van der Waals surface area contributed by atoms with Crippen LogP contribution in [0.4, 0.5) is 0 Å². The van der Waals surface area contributed by atoms with E-state index in [0.717, 1.165) is 29.7 Å². The molecule has 19 heavy (non-hydrogen) atoms. The first-order valence-corrected chi connectivity index (χ1v) is 7.12. The normalized spacial score (nSPS) is 23.7. The minimum absolute atomic E-state index is 0.191. The van der Waals surface area contributed by atoms with E-state index in [0.29, 0.717) is 6.54 Å². The average molecular weight is 258 g/mol. The van der Waals surface area contributed by atoms with Crippen molar-refractivity contribution in [2.24, 2.45) is 17.6 Å². The monoisotopic (exact) mass is 258 g/mol. The van der Waals surface area contributed by atoms with Crippen molar-refractivity contribution in [1.82, 2.24) is 5.32 Å². The summed E-state index contributed by atoms with van der Waals surface area (Å²) in [5, 5.41) is 4.80. The van der Waals surface area contributed by atoms with Crippen molar-refractivity contribution >= 4 is 11.0 Å². The molecule has 1 aromatic heterocycles. The molecule has 3 nitrogen and oxygen atoms in total. The van der Waals surface area contributed by atoms with Crippen molar-refractivity contribution in [2.45, 2.75) is 26.3 Å². The molecule has 1 aliphatic carbocycles. The van der Waals surface area contributed by atoms with Gasteiger partial charge in [-0.2, -0.15) is 0 Å². The summed E-state index contributed by atoms with van der Waals surface area (Å²) in [4.78, 5) is 0. The number of rotatable bonds is 5. The van der Waals surface area contributed by atoms with Crippen LogP contribution in [0.15, 0.2) is 28.7 Å². The Morgan fingerprint density at radius 1 is 1.42 bits per heavy atom. The van der Waals surface area contributed by atoms with Crippen LogP contribution in [0.5, 0.6) is 0 Å². The quantitative estimate of drug-likeness (QED) is 0.867. The van der Waals surface area contributed by atoms with Gasteiger partial charge in [-0.25, -0.2) is 0 Å². The van der Waals surface area contributed by atoms with Crippen molar-refractivity contribution < 1.29 is 4.42 Å². The molecule has 0 radical (unpaired) electrons. The third kappa shape index (κ3) is 2.40. The molecule has 3 rings (SSSR count). The molecule has 0 spiro atoms. The average Bonchev–Trinajstić information content (AvgIpc) is 3.00. The summed E-state index contributed by atoms with van der Waals surface area (Å²) in [7, 11) is 0. The highest BCUT2D eigenvalue weighted by Gasteiger charge is 2.32. The van der Waals surface area contributed by atoms with E-state index in [1.807, 2.05) is 19.1 Å². The Labute approximate surface area is 114 Å². The molecule has 3 unspecified atom stereocenters. The fourth-order valence-corrected chi connectivity index (χ4v) is 2.90. The highest BCUT2D eigenvalue weighted by molar-refractivity contribution is 5.82. The maximum Gasteiger partial charge on any atom is 0.134 e. The molecule has 1 fully saturated rings. The number of furan rings is 1. The Balaban J connectivity index is 1.85. The number of aryl methyl sites for hydroxylation is 1. The molecule has 2 aromatic rings. The van der Waals surface area contributed by atoms with E-state index in [4.69, 9.17) is 10.2 Å². The molecule has 1 aliphatic rings. The van der Waals surface area contributed by atoms with Gasteiger partial charge < -0.3 is 15.5 Å². The first-order chi connectivity index (χ1) is 9.20. The summed E-state index contributed by atoms with van der Waals surface area (Å²) < 4.78 is 5.83. The fraction of sp³-hybridized carbons (Fsp3) is 0.500. The van der Waals surface area contributed by atoms with Gasteiger partial charge in [-0.15, -0.1) is 0 Å². The SMILES string of the molecule is Cc1oc2ccccc2c1C(CN)NCC1CC1C. The third-order valence-electron chi connectivity index (χ3n) is 4.31. The number of hydrogen-bond acceptors (Lipinski definition) is 3. The molecule has 1 aromatic carbocycles. The van der Waals surface area contributed by atoms with Crippen molar-refractivity contribution in [3.8, 4) is 0 Å². The summed E-state index contributed by atoms with van der Waals surface area (Å²) in [5.41, 5.74) is 8.14. The first-order valence-electron chi connectivity index (χ1n) is 7.12. The van der Waals surface area contributed by atoms with Gasteiger partial charge in [0.25, 0.3) is 0 Å². The van der Waals surface area contributed by atoms with Gasteiger partial charge in [0.05, 0.1) is 0 Å². The summed E-state index contributed by atoms with van der Waals surface area (Å²) in [5.74, 6) is 2.67. The van der Waals surface area contributed by atoms with Crippen molar-refractivity contribution in [3.63, 3.8) is 0 Å². The van der Waals surface area contributed by atoms with Gasteiger partial charge in [-0.05, 0) is 37.8 Å². The van der Waals surface area contributed by atoms with Gasteiger partial charge in [-0.3, -0.25) is 0 Å². The third-order valence-corrected chi connectivity index (χ3v) is 4.31. The van der Waals surface area contributed by atoms with E-state index in [1.165, 1.54) is 17.4 Å². The molecule has 3 atom stereocenters. The molecule has 3 heteroatoms. The lowest BCUT2D eigenvalue weighted by Crippen LogP contribution is -2.30. The van der Waals surface area contributed by atoms with Gasteiger partial charge in [0.2, 0.25) is 0 Å². The smallest absolute Gasteiger partial charge is 0.134 e. The molecule has 0 bridgehead atoms. The van der Waals surface area contributed by atoms with Crippen LogP contribution < -0.4 is 11.1 Å². The lowest BCUT2D eigenvalue weighted by Gasteiger charge is -2.17. The molecule has 0 aliphatic heterocycles. The lowest BCUT2D eigenvalue weighted by atomic mass is 10.0. The second-order valence-corrected chi connectivity index (χ2v) is 5.74. The van der Waals surface area contributed by atoms with Crippen LogP contribution in [0.1, 0.15) is 30.7 Å². The molecular formula is C16H22N2O. The Hall–Kier alpha value is -1.32. The van der Waals surface area contributed by atoms with Crippen molar-refractivity contribution in [1.29, 1.82) is 0 Å². The van der Waals surface area contributed by atoms with E-state index in [2.05, 4.69) is 24.4 Å². The molecule has 3 N–H and O–H groups in total. The molecule has 0 saturated heterocycles. The van der Waals surface area contributed by atoms with Crippen LogP contribution in [-0.4, -0.2) is 13.1 Å². The molecule has 1 heterocycles. The molecule has 102 valence electrons. The molecule has 1 saturated carbocycles. The highest BCUT2D eigenvalue weighted by atomic mass is 16.3. The fourth-order valence-electron chi connectivity index (χ4n) is 2.90. The Morgan fingerprint density at radius 3 is 2.84 bits per heavy atom. The minimum atomic E-state index is 0.191. The van der Waals surface area contributed by atoms with E-state index in [-0.39, 0.29) is 6.04 Å². The number of nitrogens with one attached hydrogen (secondary N) is 1. The second kappa shape index (κ2) is 4.99. The maximum absolute atomic E-state index is 5.96. The zero-order chi connectivity index (χ0) is 13.4. The van der Waals surface area contributed by atoms with Crippen LogP contribution in [0.3, 0.4) is 0 Å². The van der Waals surface area contributed by atoms with E-state index < -0.39 is 0 Å². The lowest BCUT2D eigenvalue weighted by molar-refractivity contribution is 0.495. The predicted molar refractivity (Wildman–Crippen MR) is 78.0 cm³/mol. The van der Waals surface area contributed by atoms with E-state index >= 15 is 0 Å². The van der Waals surface area contributed by atoms with Crippen LogP contribution in [0.2, 0.25) is 0 Å². The first kappa shape index (κ1) is 12.7. The van der Waals surface area contributed by atoms with Crippen LogP contribution >= 0.6 is 0 Å². The van der Waals surface area contributed by atoms with E-state index in [9.17, 15) is 0 Å². The largest absolute Gasteiger partial charge is 0.461 e. The zero-order valence-electron chi connectivity index (χ0n) is 11.6. The van der Waals surface area contributed by atoms with Gasteiger partial charge in [-0.1, -0.05) is 25.1 Å². The number of para-hydroxylation sites is 1.